The van der Waals surface area contributed by atoms with Crippen LogP contribution in [0.25, 0.3) is 0 Å². The number of carbonyl (C=O) groups excluding carboxylic acids is 2. The SMILES string of the molecule is Cc1cc(N2CCN(C(=O)Nc3ccccc3SCCC(N)=O)CC2)nc(C(C)C)n1. The number of piperazine rings is 1. The summed E-state index contributed by atoms with van der Waals surface area (Å²) in [4.78, 5) is 38.0. The highest BCUT2D eigenvalue weighted by molar-refractivity contribution is 7.99. The van der Waals surface area contributed by atoms with Crippen LogP contribution >= 0.6 is 11.8 Å². The van der Waals surface area contributed by atoms with Gasteiger partial charge in [-0.2, -0.15) is 0 Å². The van der Waals surface area contributed by atoms with Crippen LogP contribution in [-0.2, 0) is 4.79 Å². The fraction of sp³-hybridized carbons (Fsp3) is 0.455. The van der Waals surface area contributed by atoms with Gasteiger partial charge in [-0.05, 0) is 19.1 Å². The number of amides is 3. The van der Waals surface area contributed by atoms with Crippen molar-refractivity contribution in [1.29, 1.82) is 0 Å². The van der Waals surface area contributed by atoms with Crippen LogP contribution in [0.3, 0.4) is 0 Å². The first-order valence-corrected chi connectivity index (χ1v) is 11.5. The van der Waals surface area contributed by atoms with Gasteiger partial charge in [0.1, 0.15) is 11.6 Å². The van der Waals surface area contributed by atoms with Gasteiger partial charge in [0, 0.05) is 60.9 Å². The lowest BCUT2D eigenvalue weighted by atomic mass is 10.2. The molecule has 0 radical (unpaired) electrons. The van der Waals surface area contributed by atoms with Gasteiger partial charge >= 0.3 is 6.03 Å². The molecule has 9 heteroatoms. The highest BCUT2D eigenvalue weighted by atomic mass is 32.2. The number of nitrogens with zero attached hydrogens (tertiary/aromatic N) is 4. The smallest absolute Gasteiger partial charge is 0.321 e. The van der Waals surface area contributed by atoms with Crippen molar-refractivity contribution in [2.45, 2.75) is 38.0 Å². The summed E-state index contributed by atoms with van der Waals surface area (Å²) < 4.78 is 0. The van der Waals surface area contributed by atoms with Crippen LogP contribution in [0.5, 0.6) is 0 Å². The largest absolute Gasteiger partial charge is 0.370 e. The second-order valence-corrected chi connectivity index (χ2v) is 8.98. The molecule has 0 saturated carbocycles. The van der Waals surface area contributed by atoms with Crippen LogP contribution < -0.4 is 16.0 Å². The number of urea groups is 1. The minimum atomic E-state index is -0.328. The Morgan fingerprint density at radius 3 is 2.55 bits per heavy atom. The zero-order chi connectivity index (χ0) is 22.4. The molecule has 0 bridgehead atoms. The fourth-order valence-corrected chi connectivity index (χ4v) is 4.26. The van der Waals surface area contributed by atoms with E-state index in [0.29, 0.717) is 25.3 Å². The number of anilines is 2. The van der Waals surface area contributed by atoms with Crippen molar-refractivity contribution in [2.75, 3.05) is 42.1 Å². The van der Waals surface area contributed by atoms with E-state index >= 15 is 0 Å². The molecule has 3 rings (SSSR count). The van der Waals surface area contributed by atoms with E-state index in [4.69, 9.17) is 10.7 Å². The standard InChI is InChI=1S/C22H30N6O2S/c1-15(2)21-24-16(3)14-20(26-21)27-9-11-28(12-10-27)22(30)25-17-6-4-5-7-18(17)31-13-8-19(23)29/h4-7,14-15H,8-13H2,1-3H3,(H2,23,29)(H,25,30). The van der Waals surface area contributed by atoms with E-state index < -0.39 is 0 Å². The summed E-state index contributed by atoms with van der Waals surface area (Å²) in [6.07, 6.45) is 0.302. The third kappa shape index (κ3) is 6.33. The maximum Gasteiger partial charge on any atom is 0.321 e. The van der Waals surface area contributed by atoms with Gasteiger partial charge in [-0.15, -0.1) is 11.8 Å². The van der Waals surface area contributed by atoms with E-state index in [1.54, 1.807) is 0 Å². The monoisotopic (exact) mass is 442 g/mol. The first-order valence-electron chi connectivity index (χ1n) is 10.5. The van der Waals surface area contributed by atoms with E-state index in [-0.39, 0.29) is 17.9 Å². The number of benzene rings is 1. The number of rotatable bonds is 7. The number of thioether (sulfide) groups is 1. The van der Waals surface area contributed by atoms with Gasteiger partial charge in [0.25, 0.3) is 0 Å². The second-order valence-electron chi connectivity index (χ2n) is 7.85. The molecule has 31 heavy (non-hydrogen) atoms. The van der Waals surface area contributed by atoms with Crippen molar-refractivity contribution < 1.29 is 9.59 Å². The van der Waals surface area contributed by atoms with E-state index in [2.05, 4.69) is 29.0 Å². The summed E-state index contributed by atoms with van der Waals surface area (Å²) in [5.74, 6) is 2.29. The van der Waals surface area contributed by atoms with Gasteiger partial charge in [-0.1, -0.05) is 26.0 Å². The number of primary amides is 1. The van der Waals surface area contributed by atoms with Crippen molar-refractivity contribution in [3.63, 3.8) is 0 Å². The Balaban J connectivity index is 1.58. The third-order valence-corrected chi connectivity index (χ3v) is 6.08. The summed E-state index contributed by atoms with van der Waals surface area (Å²) in [6.45, 7) is 8.83. The van der Waals surface area contributed by atoms with Crippen molar-refractivity contribution in [1.82, 2.24) is 14.9 Å². The zero-order valence-electron chi connectivity index (χ0n) is 18.3. The van der Waals surface area contributed by atoms with Crippen LogP contribution in [0.1, 0.15) is 37.7 Å². The first-order chi connectivity index (χ1) is 14.8. The van der Waals surface area contributed by atoms with Crippen molar-refractivity contribution in [3.05, 3.63) is 41.9 Å². The summed E-state index contributed by atoms with van der Waals surface area (Å²) in [5.41, 5.74) is 6.92. The van der Waals surface area contributed by atoms with Crippen LogP contribution in [-0.4, -0.2) is 58.7 Å². The zero-order valence-corrected chi connectivity index (χ0v) is 19.1. The lowest BCUT2D eigenvalue weighted by Crippen LogP contribution is -2.50. The summed E-state index contributed by atoms with van der Waals surface area (Å²) >= 11 is 1.51. The Hall–Kier alpha value is -2.81. The highest BCUT2D eigenvalue weighted by Crippen LogP contribution is 2.28. The molecule has 3 N–H and O–H groups in total. The number of hydrogen-bond acceptors (Lipinski definition) is 6. The molecule has 1 aliphatic rings. The molecule has 0 aliphatic carbocycles. The predicted octanol–water partition coefficient (Wildman–Crippen LogP) is 3.23. The topological polar surface area (TPSA) is 104 Å². The minimum Gasteiger partial charge on any atom is -0.370 e. The molecular formula is C22H30N6O2S. The van der Waals surface area contributed by atoms with E-state index in [0.717, 1.165) is 41.0 Å². The maximum absolute atomic E-state index is 12.8. The number of aromatic nitrogens is 2. The van der Waals surface area contributed by atoms with Gasteiger partial charge < -0.3 is 20.9 Å². The Morgan fingerprint density at radius 2 is 1.87 bits per heavy atom. The number of aryl methyl sites for hydroxylation is 1. The van der Waals surface area contributed by atoms with E-state index in [1.807, 2.05) is 42.2 Å². The average molecular weight is 443 g/mol. The van der Waals surface area contributed by atoms with E-state index in [1.165, 1.54) is 11.8 Å². The number of hydrogen-bond donors (Lipinski definition) is 2. The lowest BCUT2D eigenvalue weighted by Gasteiger charge is -2.35. The molecular weight excluding hydrogens is 412 g/mol. The Kier molecular flexibility index (Phi) is 7.73. The molecule has 1 saturated heterocycles. The second kappa shape index (κ2) is 10.5. The van der Waals surface area contributed by atoms with Crippen LogP contribution in [0.15, 0.2) is 35.2 Å². The van der Waals surface area contributed by atoms with Crippen LogP contribution in [0, 0.1) is 6.92 Å². The molecule has 1 aromatic carbocycles. The molecule has 8 nitrogen and oxygen atoms in total. The number of nitrogens with one attached hydrogen (secondary N) is 1. The summed E-state index contributed by atoms with van der Waals surface area (Å²) in [6, 6.07) is 9.48. The Morgan fingerprint density at radius 1 is 1.16 bits per heavy atom. The quantitative estimate of drug-likeness (QED) is 0.638. The predicted molar refractivity (Wildman–Crippen MR) is 125 cm³/mol. The van der Waals surface area contributed by atoms with Gasteiger partial charge in [0.05, 0.1) is 5.69 Å². The van der Waals surface area contributed by atoms with Gasteiger partial charge in [-0.25, -0.2) is 14.8 Å². The molecule has 2 heterocycles. The fourth-order valence-electron chi connectivity index (χ4n) is 3.28. The minimum absolute atomic E-state index is 0.121. The third-order valence-electron chi connectivity index (χ3n) is 5.00. The molecule has 0 spiro atoms. The Labute approximate surface area is 187 Å². The molecule has 2 aromatic rings. The molecule has 1 aliphatic heterocycles. The average Bonchev–Trinajstić information content (AvgIpc) is 2.74. The van der Waals surface area contributed by atoms with Gasteiger partial charge in [0.15, 0.2) is 0 Å². The van der Waals surface area contributed by atoms with Crippen LogP contribution in [0.2, 0.25) is 0 Å². The number of carbonyl (C=O) groups is 2. The van der Waals surface area contributed by atoms with Crippen LogP contribution in [0.4, 0.5) is 16.3 Å². The van der Waals surface area contributed by atoms with Crippen molar-refractivity contribution in [2.24, 2.45) is 5.73 Å². The first kappa shape index (κ1) is 22.9. The summed E-state index contributed by atoms with van der Waals surface area (Å²) in [5, 5.41) is 3.01. The van der Waals surface area contributed by atoms with Crippen molar-refractivity contribution in [3.8, 4) is 0 Å². The molecule has 0 atom stereocenters. The molecule has 1 fully saturated rings. The summed E-state index contributed by atoms with van der Waals surface area (Å²) in [7, 11) is 0. The molecule has 0 unspecified atom stereocenters. The number of nitrogens with two attached hydrogens (primary N) is 1. The maximum atomic E-state index is 12.8. The molecule has 3 amide bonds. The lowest BCUT2D eigenvalue weighted by molar-refractivity contribution is -0.117. The Bertz CT molecular complexity index is 928. The van der Waals surface area contributed by atoms with Crippen molar-refractivity contribution >= 4 is 35.2 Å². The highest BCUT2D eigenvalue weighted by Gasteiger charge is 2.23. The van der Waals surface area contributed by atoms with Gasteiger partial charge in [0.2, 0.25) is 5.91 Å². The number of para-hydroxylation sites is 1. The van der Waals surface area contributed by atoms with Gasteiger partial charge in [-0.3, -0.25) is 4.79 Å². The normalized spacial score (nSPS) is 14.1. The molecule has 166 valence electrons. The molecule has 1 aromatic heterocycles. The van der Waals surface area contributed by atoms with E-state index in [9.17, 15) is 9.59 Å².